The van der Waals surface area contributed by atoms with Crippen LogP contribution < -0.4 is 10.6 Å². The highest BCUT2D eigenvalue weighted by Gasteiger charge is 2.39. The van der Waals surface area contributed by atoms with Crippen LogP contribution in [0.25, 0.3) is 0 Å². The minimum absolute atomic E-state index is 0.0188. The largest absolute Gasteiger partial charge is 0.481 e. The van der Waals surface area contributed by atoms with Crippen LogP contribution >= 0.6 is 0 Å². The molecular formula is C15H26N2O3. The summed E-state index contributed by atoms with van der Waals surface area (Å²) in [4.78, 5) is 23.4. The molecule has 114 valence electrons. The second-order valence-electron chi connectivity index (χ2n) is 6.68. The molecule has 1 heterocycles. The van der Waals surface area contributed by atoms with Gasteiger partial charge in [-0.15, -0.1) is 0 Å². The molecule has 1 atom stereocenters. The Morgan fingerprint density at radius 2 is 1.85 bits per heavy atom. The monoisotopic (exact) mass is 282 g/mol. The van der Waals surface area contributed by atoms with Crippen molar-refractivity contribution < 1.29 is 14.7 Å². The van der Waals surface area contributed by atoms with Crippen molar-refractivity contribution in [2.45, 2.75) is 63.8 Å². The van der Waals surface area contributed by atoms with Gasteiger partial charge in [0.1, 0.15) is 0 Å². The zero-order chi connectivity index (χ0) is 14.6. The Kier molecular flexibility index (Phi) is 4.68. The lowest BCUT2D eigenvalue weighted by Gasteiger charge is -2.37. The Morgan fingerprint density at radius 1 is 1.15 bits per heavy atom. The summed E-state index contributed by atoms with van der Waals surface area (Å²) in [5.74, 6) is -0.739. The van der Waals surface area contributed by atoms with Crippen LogP contribution in [-0.2, 0) is 9.59 Å². The third-order valence-electron chi connectivity index (χ3n) is 4.93. The van der Waals surface area contributed by atoms with E-state index in [1.807, 2.05) is 6.92 Å². The van der Waals surface area contributed by atoms with Crippen LogP contribution in [0.1, 0.15) is 58.3 Å². The molecule has 0 bridgehead atoms. The molecule has 2 aliphatic rings. The van der Waals surface area contributed by atoms with Crippen LogP contribution in [0.4, 0.5) is 0 Å². The second kappa shape index (κ2) is 6.12. The molecule has 2 rings (SSSR count). The average Bonchev–Trinajstić information content (AvgIpc) is 2.85. The molecule has 20 heavy (non-hydrogen) atoms. The molecule has 5 nitrogen and oxygen atoms in total. The first-order chi connectivity index (χ1) is 9.46. The molecule has 1 amide bonds. The van der Waals surface area contributed by atoms with E-state index in [-0.39, 0.29) is 17.7 Å². The van der Waals surface area contributed by atoms with Gasteiger partial charge < -0.3 is 15.7 Å². The van der Waals surface area contributed by atoms with E-state index >= 15 is 0 Å². The normalized spacial score (nSPS) is 29.1. The van der Waals surface area contributed by atoms with Crippen molar-refractivity contribution >= 4 is 11.9 Å². The fraction of sp³-hybridized carbons (Fsp3) is 0.867. The van der Waals surface area contributed by atoms with Crippen molar-refractivity contribution in [2.75, 3.05) is 13.1 Å². The van der Waals surface area contributed by atoms with E-state index in [2.05, 4.69) is 10.6 Å². The maximum absolute atomic E-state index is 12.3. The van der Waals surface area contributed by atoms with Crippen molar-refractivity contribution in [1.29, 1.82) is 0 Å². The van der Waals surface area contributed by atoms with Crippen LogP contribution in [0, 0.1) is 5.41 Å². The molecule has 0 aromatic rings. The van der Waals surface area contributed by atoms with Crippen LogP contribution in [0.15, 0.2) is 0 Å². The van der Waals surface area contributed by atoms with Crippen molar-refractivity contribution in [3.05, 3.63) is 0 Å². The highest BCUT2D eigenvalue weighted by atomic mass is 16.4. The van der Waals surface area contributed by atoms with E-state index < -0.39 is 11.5 Å². The van der Waals surface area contributed by atoms with Gasteiger partial charge in [-0.2, -0.15) is 0 Å². The van der Waals surface area contributed by atoms with Gasteiger partial charge in [0, 0.05) is 6.54 Å². The van der Waals surface area contributed by atoms with E-state index in [1.165, 1.54) is 6.42 Å². The molecular weight excluding hydrogens is 256 g/mol. The van der Waals surface area contributed by atoms with E-state index in [1.54, 1.807) is 0 Å². The third kappa shape index (κ3) is 3.51. The molecule has 1 aliphatic carbocycles. The molecule has 2 fully saturated rings. The standard InChI is InChI=1S/C15H26N2O3/c1-14(6-5-9-17-14)13(20)16-11-15(10-12(18)19)7-3-2-4-8-15/h17H,2-11H2,1H3,(H,16,20)(H,18,19). The number of hydrogen-bond donors (Lipinski definition) is 3. The summed E-state index contributed by atoms with van der Waals surface area (Å²) in [7, 11) is 0. The van der Waals surface area contributed by atoms with Crippen LogP contribution in [0.2, 0.25) is 0 Å². The summed E-state index contributed by atoms with van der Waals surface area (Å²) >= 11 is 0. The second-order valence-corrected chi connectivity index (χ2v) is 6.68. The highest BCUT2D eigenvalue weighted by molar-refractivity contribution is 5.86. The van der Waals surface area contributed by atoms with Crippen LogP contribution in [-0.4, -0.2) is 35.6 Å². The number of carboxylic acids is 1. The van der Waals surface area contributed by atoms with Crippen molar-refractivity contribution in [3.63, 3.8) is 0 Å². The quantitative estimate of drug-likeness (QED) is 0.717. The summed E-state index contributed by atoms with van der Waals surface area (Å²) in [5, 5.41) is 15.4. The molecule has 1 saturated carbocycles. The van der Waals surface area contributed by atoms with Crippen molar-refractivity contribution in [2.24, 2.45) is 5.41 Å². The average molecular weight is 282 g/mol. The summed E-state index contributed by atoms with van der Waals surface area (Å²) in [6, 6.07) is 0. The number of amides is 1. The van der Waals surface area contributed by atoms with Gasteiger partial charge in [-0.3, -0.25) is 9.59 Å². The Labute approximate surface area is 120 Å². The number of aliphatic carboxylic acids is 1. The minimum atomic E-state index is -0.758. The number of hydrogen-bond acceptors (Lipinski definition) is 3. The van der Waals surface area contributed by atoms with Gasteiger partial charge in [0.2, 0.25) is 5.91 Å². The van der Waals surface area contributed by atoms with Gasteiger partial charge in [-0.25, -0.2) is 0 Å². The summed E-state index contributed by atoms with van der Waals surface area (Å²) < 4.78 is 0. The molecule has 0 aromatic carbocycles. The Hall–Kier alpha value is -1.10. The van der Waals surface area contributed by atoms with Crippen LogP contribution in [0.3, 0.4) is 0 Å². The van der Waals surface area contributed by atoms with Crippen molar-refractivity contribution in [1.82, 2.24) is 10.6 Å². The van der Waals surface area contributed by atoms with Gasteiger partial charge >= 0.3 is 5.97 Å². The maximum Gasteiger partial charge on any atom is 0.303 e. The fourth-order valence-electron chi connectivity index (χ4n) is 3.59. The predicted octanol–water partition coefficient (Wildman–Crippen LogP) is 1.67. The number of rotatable bonds is 5. The lowest BCUT2D eigenvalue weighted by Crippen LogP contribution is -2.53. The molecule has 1 unspecified atom stereocenters. The number of carbonyl (C=O) groups is 2. The highest BCUT2D eigenvalue weighted by Crippen LogP contribution is 2.39. The Morgan fingerprint density at radius 3 is 2.40 bits per heavy atom. The fourth-order valence-corrected chi connectivity index (χ4v) is 3.59. The van der Waals surface area contributed by atoms with Crippen LogP contribution in [0.5, 0.6) is 0 Å². The number of carbonyl (C=O) groups excluding carboxylic acids is 1. The first-order valence-electron chi connectivity index (χ1n) is 7.71. The van der Waals surface area contributed by atoms with E-state index in [0.29, 0.717) is 6.54 Å². The lowest BCUT2D eigenvalue weighted by atomic mass is 9.71. The number of nitrogens with one attached hydrogen (secondary N) is 2. The zero-order valence-electron chi connectivity index (χ0n) is 12.3. The summed E-state index contributed by atoms with van der Waals surface area (Å²) in [5.41, 5.74) is -0.714. The molecule has 0 radical (unpaired) electrons. The Bertz CT molecular complexity index is 369. The van der Waals surface area contributed by atoms with E-state index in [0.717, 1.165) is 45.1 Å². The SMILES string of the molecule is CC1(C(=O)NCC2(CC(=O)O)CCCCC2)CCCN1. The van der Waals surface area contributed by atoms with Gasteiger partial charge in [0.25, 0.3) is 0 Å². The van der Waals surface area contributed by atoms with E-state index in [9.17, 15) is 9.59 Å². The molecule has 0 spiro atoms. The molecule has 1 aliphatic heterocycles. The molecule has 1 saturated heterocycles. The Balaban J connectivity index is 1.94. The smallest absolute Gasteiger partial charge is 0.303 e. The van der Waals surface area contributed by atoms with Crippen molar-refractivity contribution in [3.8, 4) is 0 Å². The predicted molar refractivity (Wildman–Crippen MR) is 76.4 cm³/mol. The maximum atomic E-state index is 12.3. The summed E-state index contributed by atoms with van der Waals surface area (Å²) in [6.07, 6.45) is 7.16. The zero-order valence-corrected chi connectivity index (χ0v) is 12.3. The summed E-state index contributed by atoms with van der Waals surface area (Å²) in [6.45, 7) is 3.31. The van der Waals surface area contributed by atoms with E-state index in [4.69, 9.17) is 5.11 Å². The van der Waals surface area contributed by atoms with Gasteiger partial charge in [-0.1, -0.05) is 19.3 Å². The van der Waals surface area contributed by atoms with Gasteiger partial charge in [0.15, 0.2) is 0 Å². The first-order valence-corrected chi connectivity index (χ1v) is 7.71. The van der Waals surface area contributed by atoms with Gasteiger partial charge in [-0.05, 0) is 44.6 Å². The molecule has 3 N–H and O–H groups in total. The molecule has 0 aromatic heterocycles. The first kappa shape index (κ1) is 15.3. The third-order valence-corrected chi connectivity index (χ3v) is 4.93. The topological polar surface area (TPSA) is 78.4 Å². The number of carboxylic acid groups (broad SMARTS) is 1. The lowest BCUT2D eigenvalue weighted by molar-refractivity contribution is -0.141. The minimum Gasteiger partial charge on any atom is -0.481 e. The molecule has 5 heteroatoms. The van der Waals surface area contributed by atoms with Gasteiger partial charge in [0.05, 0.1) is 12.0 Å².